The predicted octanol–water partition coefficient (Wildman–Crippen LogP) is 3.39. The smallest absolute Gasteiger partial charge is 0.332 e. The van der Waals surface area contributed by atoms with Crippen molar-refractivity contribution in [1.29, 1.82) is 0 Å². The summed E-state index contributed by atoms with van der Waals surface area (Å²) in [6.45, 7) is -0.107. The van der Waals surface area contributed by atoms with Crippen molar-refractivity contribution in [2.45, 2.75) is 6.61 Å². The van der Waals surface area contributed by atoms with E-state index in [1.54, 1.807) is 18.2 Å². The number of benzene rings is 2. The van der Waals surface area contributed by atoms with Crippen LogP contribution in [0.5, 0.6) is 0 Å². The highest BCUT2D eigenvalue weighted by Crippen LogP contribution is 2.22. The van der Waals surface area contributed by atoms with Crippen LogP contribution in [0.3, 0.4) is 0 Å². The van der Waals surface area contributed by atoms with Gasteiger partial charge in [0.05, 0.1) is 28.7 Å². The van der Waals surface area contributed by atoms with Crippen molar-refractivity contribution in [3.05, 3.63) is 73.8 Å². The van der Waals surface area contributed by atoms with Crippen molar-refractivity contribution >= 4 is 40.8 Å². The summed E-state index contributed by atoms with van der Waals surface area (Å²) in [5.41, 5.74) is 0.623. The Morgan fingerprint density at radius 3 is 2.54 bits per heavy atom. The third kappa shape index (κ3) is 6.49. The number of non-ortho nitro benzene ring substituents is 1. The third-order valence-electron chi connectivity index (χ3n) is 3.49. The van der Waals surface area contributed by atoms with Crippen LogP contribution in [-0.2, 0) is 20.9 Å². The minimum Gasteiger partial charge on any atom is -0.462 e. The van der Waals surface area contributed by atoms with Crippen molar-refractivity contribution in [2.24, 2.45) is 0 Å². The molecule has 0 aliphatic carbocycles. The molecule has 0 saturated carbocycles. The average molecular weight is 427 g/mol. The lowest BCUT2D eigenvalue weighted by Crippen LogP contribution is -2.28. The third-order valence-corrected chi connectivity index (χ3v) is 4.18. The Kier molecular flexibility index (Phi) is 8.19. The quantitative estimate of drug-likeness (QED) is 0.285. The number of hydrogen-bond donors (Lipinski definition) is 1. The first-order valence-corrected chi connectivity index (χ1v) is 8.83. The zero-order valence-corrected chi connectivity index (χ0v) is 16.0. The summed E-state index contributed by atoms with van der Waals surface area (Å²) in [5.74, 6) is -1.12. The molecule has 0 aromatic heterocycles. The van der Waals surface area contributed by atoms with Crippen molar-refractivity contribution in [3.8, 4) is 0 Å². The zero-order chi connectivity index (χ0) is 20.5. The van der Waals surface area contributed by atoms with Crippen LogP contribution in [0.15, 0.2) is 42.5 Å². The molecule has 28 heavy (non-hydrogen) atoms. The van der Waals surface area contributed by atoms with Crippen LogP contribution in [0, 0.1) is 10.1 Å². The van der Waals surface area contributed by atoms with Gasteiger partial charge in [-0.3, -0.25) is 14.9 Å². The summed E-state index contributed by atoms with van der Waals surface area (Å²) < 4.78 is 10.2. The summed E-state index contributed by atoms with van der Waals surface area (Å²) in [6.07, 6.45) is 0. The number of nitro benzene ring substituents is 1. The van der Waals surface area contributed by atoms with Gasteiger partial charge < -0.3 is 14.8 Å². The molecule has 10 heteroatoms. The van der Waals surface area contributed by atoms with E-state index < -0.39 is 16.8 Å². The summed E-state index contributed by atoms with van der Waals surface area (Å²) in [5, 5.41) is 13.7. The van der Waals surface area contributed by atoms with Gasteiger partial charge in [0, 0.05) is 17.2 Å². The minimum absolute atomic E-state index is 0.0441. The Bertz CT molecular complexity index is 875. The number of nitrogens with one attached hydrogen (secondary N) is 1. The normalized spacial score (nSPS) is 10.4. The van der Waals surface area contributed by atoms with E-state index in [0.29, 0.717) is 5.02 Å². The van der Waals surface area contributed by atoms with E-state index in [1.165, 1.54) is 12.1 Å². The molecule has 0 aliphatic heterocycles. The number of esters is 1. The predicted molar refractivity (Wildman–Crippen MR) is 103 cm³/mol. The first kappa shape index (κ1) is 21.6. The second kappa shape index (κ2) is 10.6. The highest BCUT2D eigenvalue weighted by Gasteiger charge is 2.14. The Hall–Kier alpha value is -2.68. The Balaban J connectivity index is 1.68. The van der Waals surface area contributed by atoms with Crippen molar-refractivity contribution in [2.75, 3.05) is 19.8 Å². The van der Waals surface area contributed by atoms with Crippen LogP contribution >= 0.6 is 23.2 Å². The van der Waals surface area contributed by atoms with E-state index in [1.807, 2.05) is 6.07 Å². The van der Waals surface area contributed by atoms with Crippen LogP contribution in [0.25, 0.3) is 0 Å². The Morgan fingerprint density at radius 1 is 1.11 bits per heavy atom. The molecule has 0 radical (unpaired) electrons. The van der Waals surface area contributed by atoms with Gasteiger partial charge in [-0.05, 0) is 17.7 Å². The maximum Gasteiger partial charge on any atom is 0.332 e. The molecular formula is C18H16Cl2N2O6. The van der Waals surface area contributed by atoms with Gasteiger partial charge in [-0.2, -0.15) is 0 Å². The molecule has 1 amide bonds. The van der Waals surface area contributed by atoms with Crippen molar-refractivity contribution < 1.29 is 24.0 Å². The molecule has 0 spiro atoms. The number of amides is 1. The lowest BCUT2D eigenvalue weighted by molar-refractivity contribution is -0.384. The standard InChI is InChI=1S/C18H16Cl2N2O6/c19-15-4-2-1-3-12(15)10-27-11-17(23)28-8-7-21-18(24)14-6-5-13(22(25)26)9-16(14)20/h1-6,9H,7-8,10-11H2,(H,21,24). The molecule has 1 N–H and O–H groups in total. The molecular weight excluding hydrogens is 411 g/mol. The lowest BCUT2D eigenvalue weighted by Gasteiger charge is -2.09. The van der Waals surface area contributed by atoms with Crippen LogP contribution in [0.4, 0.5) is 5.69 Å². The van der Waals surface area contributed by atoms with Gasteiger partial charge in [-0.15, -0.1) is 0 Å². The van der Waals surface area contributed by atoms with Crippen molar-refractivity contribution in [1.82, 2.24) is 5.32 Å². The molecule has 0 heterocycles. The van der Waals surface area contributed by atoms with E-state index >= 15 is 0 Å². The topological polar surface area (TPSA) is 108 Å². The molecule has 2 aromatic rings. The molecule has 0 bridgehead atoms. The fourth-order valence-corrected chi connectivity index (χ4v) is 2.58. The molecule has 8 nitrogen and oxygen atoms in total. The van der Waals surface area contributed by atoms with Gasteiger partial charge in [0.25, 0.3) is 11.6 Å². The number of nitro groups is 1. The number of carbonyl (C=O) groups excluding carboxylic acids is 2. The summed E-state index contributed by atoms with van der Waals surface area (Å²) in [7, 11) is 0. The maximum absolute atomic E-state index is 12.0. The molecule has 0 atom stereocenters. The number of halogens is 2. The SMILES string of the molecule is O=C(COCc1ccccc1Cl)OCCNC(=O)c1ccc([N+](=O)[O-])cc1Cl. The van der Waals surface area contributed by atoms with E-state index in [4.69, 9.17) is 32.7 Å². The van der Waals surface area contributed by atoms with Gasteiger partial charge in [0.2, 0.25) is 0 Å². The fourth-order valence-electron chi connectivity index (χ4n) is 2.13. The Labute approximate surface area is 170 Å². The van der Waals surface area contributed by atoms with E-state index in [9.17, 15) is 19.7 Å². The van der Waals surface area contributed by atoms with E-state index in [0.717, 1.165) is 11.6 Å². The van der Waals surface area contributed by atoms with Gasteiger partial charge in [0.1, 0.15) is 13.2 Å². The summed E-state index contributed by atoms with van der Waals surface area (Å²) in [6, 6.07) is 10.6. The van der Waals surface area contributed by atoms with E-state index in [2.05, 4.69) is 5.32 Å². The second-order valence-corrected chi connectivity index (χ2v) is 6.30. The number of hydrogen-bond acceptors (Lipinski definition) is 6. The maximum atomic E-state index is 12.0. The van der Waals surface area contributed by atoms with Gasteiger partial charge in [0.15, 0.2) is 0 Å². The zero-order valence-electron chi connectivity index (χ0n) is 14.5. The van der Waals surface area contributed by atoms with Crippen LogP contribution in [-0.4, -0.2) is 36.6 Å². The molecule has 0 aliphatic rings. The highest BCUT2D eigenvalue weighted by molar-refractivity contribution is 6.34. The van der Waals surface area contributed by atoms with Gasteiger partial charge in [-0.1, -0.05) is 41.4 Å². The molecule has 148 valence electrons. The summed E-state index contributed by atoms with van der Waals surface area (Å²) >= 11 is 11.9. The number of nitrogens with zero attached hydrogens (tertiary/aromatic N) is 1. The fraction of sp³-hybridized carbons (Fsp3) is 0.222. The molecule has 2 rings (SSSR count). The average Bonchev–Trinajstić information content (AvgIpc) is 2.66. The van der Waals surface area contributed by atoms with Crippen LogP contribution in [0.1, 0.15) is 15.9 Å². The van der Waals surface area contributed by atoms with E-state index in [-0.39, 0.29) is 42.6 Å². The lowest BCUT2D eigenvalue weighted by atomic mass is 10.2. The van der Waals surface area contributed by atoms with Gasteiger partial charge in [-0.25, -0.2) is 4.79 Å². The summed E-state index contributed by atoms with van der Waals surface area (Å²) in [4.78, 5) is 33.7. The van der Waals surface area contributed by atoms with Crippen LogP contribution < -0.4 is 5.32 Å². The largest absolute Gasteiger partial charge is 0.462 e. The second-order valence-electron chi connectivity index (χ2n) is 5.48. The monoisotopic (exact) mass is 426 g/mol. The number of carbonyl (C=O) groups is 2. The first-order valence-electron chi connectivity index (χ1n) is 8.07. The van der Waals surface area contributed by atoms with Gasteiger partial charge >= 0.3 is 5.97 Å². The first-order chi connectivity index (χ1) is 13.4. The minimum atomic E-state index is -0.610. The number of ether oxygens (including phenoxy) is 2. The molecule has 2 aromatic carbocycles. The van der Waals surface area contributed by atoms with Crippen molar-refractivity contribution in [3.63, 3.8) is 0 Å². The number of rotatable bonds is 9. The molecule has 0 saturated heterocycles. The Morgan fingerprint density at radius 2 is 1.86 bits per heavy atom. The molecule has 0 unspecified atom stereocenters. The van der Waals surface area contributed by atoms with Crippen LogP contribution in [0.2, 0.25) is 10.0 Å². The molecule has 0 fully saturated rings. The highest BCUT2D eigenvalue weighted by atomic mass is 35.5.